The molecular formula is C21H27N3O3. The Morgan fingerprint density at radius 1 is 1.19 bits per heavy atom. The number of hydrogen-bond donors (Lipinski definition) is 3. The maximum atomic E-state index is 10.0. The van der Waals surface area contributed by atoms with Gasteiger partial charge in [0.15, 0.2) is 5.96 Å². The molecule has 6 nitrogen and oxygen atoms in total. The quantitative estimate of drug-likeness (QED) is 0.360. The molecular weight excluding hydrogens is 342 g/mol. The molecule has 27 heavy (non-hydrogen) atoms. The van der Waals surface area contributed by atoms with Crippen molar-refractivity contribution in [1.29, 1.82) is 0 Å². The van der Waals surface area contributed by atoms with Crippen LogP contribution in [-0.2, 0) is 13.0 Å². The van der Waals surface area contributed by atoms with Crippen LogP contribution in [0.2, 0.25) is 0 Å². The minimum atomic E-state index is 0.229. The minimum Gasteiger partial charge on any atom is -0.508 e. The summed E-state index contributed by atoms with van der Waals surface area (Å²) in [6, 6.07) is 13.2. The number of aromatic hydroxyl groups is 1. The molecule has 0 unspecified atom stereocenters. The van der Waals surface area contributed by atoms with E-state index in [9.17, 15) is 5.11 Å². The molecule has 0 amide bonds. The van der Waals surface area contributed by atoms with Gasteiger partial charge < -0.3 is 25.2 Å². The lowest BCUT2D eigenvalue weighted by Gasteiger charge is -2.14. The van der Waals surface area contributed by atoms with Gasteiger partial charge in [-0.15, -0.1) is 0 Å². The number of phenolic OH excluding ortho intramolecular Hbond substituents is 1. The molecule has 0 radical (unpaired) electrons. The lowest BCUT2D eigenvalue weighted by Crippen LogP contribution is -2.37. The molecule has 0 aliphatic heterocycles. The number of benzene rings is 2. The Labute approximate surface area is 160 Å². The van der Waals surface area contributed by atoms with Gasteiger partial charge in [-0.1, -0.05) is 36.9 Å². The number of rotatable bonds is 9. The highest BCUT2D eigenvalue weighted by Gasteiger charge is 2.06. The van der Waals surface area contributed by atoms with Crippen molar-refractivity contribution in [2.45, 2.75) is 13.0 Å². The van der Waals surface area contributed by atoms with Crippen molar-refractivity contribution in [2.75, 3.05) is 27.3 Å². The van der Waals surface area contributed by atoms with Crippen LogP contribution in [0.5, 0.6) is 17.2 Å². The van der Waals surface area contributed by atoms with Crippen LogP contribution in [0.1, 0.15) is 11.1 Å². The maximum absolute atomic E-state index is 10.0. The zero-order valence-corrected chi connectivity index (χ0v) is 15.9. The van der Waals surface area contributed by atoms with E-state index in [1.54, 1.807) is 26.3 Å². The van der Waals surface area contributed by atoms with Crippen molar-refractivity contribution in [3.05, 3.63) is 66.2 Å². The molecule has 0 saturated carbocycles. The van der Waals surface area contributed by atoms with Gasteiger partial charge in [0.25, 0.3) is 0 Å². The fourth-order valence-corrected chi connectivity index (χ4v) is 2.54. The molecule has 2 aromatic carbocycles. The van der Waals surface area contributed by atoms with E-state index in [1.165, 1.54) is 0 Å². The van der Waals surface area contributed by atoms with Gasteiger partial charge in [-0.3, -0.25) is 4.99 Å². The summed E-state index contributed by atoms with van der Waals surface area (Å²) in [5.41, 5.74) is 1.89. The Morgan fingerprint density at radius 2 is 2.00 bits per heavy atom. The fourth-order valence-electron chi connectivity index (χ4n) is 2.54. The van der Waals surface area contributed by atoms with Gasteiger partial charge in [0, 0.05) is 31.8 Å². The van der Waals surface area contributed by atoms with Gasteiger partial charge in [0.1, 0.15) is 23.9 Å². The molecule has 0 heterocycles. The van der Waals surface area contributed by atoms with Crippen molar-refractivity contribution in [3.63, 3.8) is 0 Å². The third-order valence-corrected chi connectivity index (χ3v) is 3.98. The summed E-state index contributed by atoms with van der Waals surface area (Å²) in [6.45, 7) is 5.36. The first kappa shape index (κ1) is 20.2. The average Bonchev–Trinajstić information content (AvgIpc) is 2.70. The number of nitrogens with zero attached hydrogens (tertiary/aromatic N) is 1. The number of nitrogens with one attached hydrogen (secondary N) is 2. The Hall–Kier alpha value is -3.15. The van der Waals surface area contributed by atoms with Crippen molar-refractivity contribution in [3.8, 4) is 17.2 Å². The molecule has 2 aromatic rings. The predicted octanol–water partition coefficient (Wildman–Crippen LogP) is 2.87. The summed E-state index contributed by atoms with van der Waals surface area (Å²) >= 11 is 0. The summed E-state index contributed by atoms with van der Waals surface area (Å²) < 4.78 is 10.8. The molecule has 0 spiro atoms. The number of methoxy groups -OCH3 is 1. The molecule has 0 aliphatic rings. The van der Waals surface area contributed by atoms with Crippen molar-refractivity contribution in [2.24, 2.45) is 4.99 Å². The predicted molar refractivity (Wildman–Crippen MR) is 109 cm³/mol. The van der Waals surface area contributed by atoms with Gasteiger partial charge in [0.2, 0.25) is 0 Å². The fraction of sp³-hybridized carbons (Fsp3) is 0.286. The van der Waals surface area contributed by atoms with Crippen LogP contribution in [0.15, 0.2) is 60.1 Å². The van der Waals surface area contributed by atoms with E-state index in [4.69, 9.17) is 9.47 Å². The van der Waals surface area contributed by atoms with E-state index in [0.29, 0.717) is 37.8 Å². The van der Waals surface area contributed by atoms with E-state index < -0.39 is 0 Å². The van der Waals surface area contributed by atoms with Crippen LogP contribution in [0.4, 0.5) is 0 Å². The van der Waals surface area contributed by atoms with Crippen molar-refractivity contribution < 1.29 is 14.6 Å². The second kappa shape index (κ2) is 10.8. The number of hydrogen-bond acceptors (Lipinski definition) is 4. The van der Waals surface area contributed by atoms with Gasteiger partial charge in [0.05, 0.1) is 7.11 Å². The number of ether oxygens (including phenoxy) is 2. The highest BCUT2D eigenvalue weighted by Crippen LogP contribution is 2.23. The Kier molecular flexibility index (Phi) is 8.03. The first-order valence-corrected chi connectivity index (χ1v) is 8.80. The zero-order valence-electron chi connectivity index (χ0n) is 15.9. The molecule has 2 rings (SSSR count). The molecule has 144 valence electrons. The summed E-state index contributed by atoms with van der Waals surface area (Å²) in [4.78, 5) is 4.23. The van der Waals surface area contributed by atoms with Crippen molar-refractivity contribution >= 4 is 5.96 Å². The Balaban J connectivity index is 1.85. The summed E-state index contributed by atoms with van der Waals surface area (Å²) in [6.07, 6.45) is 2.38. The highest BCUT2D eigenvalue weighted by atomic mass is 16.5. The highest BCUT2D eigenvalue weighted by molar-refractivity contribution is 5.79. The maximum Gasteiger partial charge on any atom is 0.191 e. The van der Waals surface area contributed by atoms with Crippen LogP contribution < -0.4 is 20.1 Å². The summed E-state index contributed by atoms with van der Waals surface area (Å²) in [7, 11) is 3.30. The third-order valence-electron chi connectivity index (χ3n) is 3.98. The van der Waals surface area contributed by atoms with Crippen LogP contribution in [0.3, 0.4) is 0 Å². The second-order valence-corrected chi connectivity index (χ2v) is 5.80. The van der Waals surface area contributed by atoms with E-state index >= 15 is 0 Å². The van der Waals surface area contributed by atoms with E-state index in [2.05, 4.69) is 22.2 Å². The SMILES string of the molecule is C=CCOc1ccccc1CNC(=NC)NCCc1ccc(OC)cc1O. The van der Waals surface area contributed by atoms with Crippen LogP contribution in [-0.4, -0.2) is 38.4 Å². The monoisotopic (exact) mass is 369 g/mol. The van der Waals surface area contributed by atoms with Crippen LogP contribution in [0.25, 0.3) is 0 Å². The smallest absolute Gasteiger partial charge is 0.191 e. The van der Waals surface area contributed by atoms with E-state index in [0.717, 1.165) is 16.9 Å². The zero-order chi connectivity index (χ0) is 19.5. The normalized spacial score (nSPS) is 11.0. The van der Waals surface area contributed by atoms with Crippen LogP contribution >= 0.6 is 0 Å². The van der Waals surface area contributed by atoms with E-state index in [1.807, 2.05) is 36.4 Å². The molecule has 0 saturated heterocycles. The van der Waals surface area contributed by atoms with Gasteiger partial charge in [-0.05, 0) is 24.1 Å². The minimum absolute atomic E-state index is 0.229. The number of phenols is 1. The van der Waals surface area contributed by atoms with E-state index in [-0.39, 0.29) is 5.75 Å². The largest absolute Gasteiger partial charge is 0.508 e. The number of guanidine groups is 1. The average molecular weight is 369 g/mol. The lowest BCUT2D eigenvalue weighted by molar-refractivity contribution is 0.358. The molecule has 0 bridgehead atoms. The molecule has 0 fully saturated rings. The third kappa shape index (κ3) is 6.26. The second-order valence-electron chi connectivity index (χ2n) is 5.80. The number of para-hydroxylation sites is 1. The topological polar surface area (TPSA) is 75.1 Å². The summed E-state index contributed by atoms with van der Waals surface area (Å²) in [5, 5.41) is 16.5. The molecule has 0 atom stereocenters. The Morgan fingerprint density at radius 3 is 2.70 bits per heavy atom. The first-order valence-electron chi connectivity index (χ1n) is 8.80. The first-order chi connectivity index (χ1) is 13.2. The van der Waals surface area contributed by atoms with Gasteiger partial charge in [-0.2, -0.15) is 0 Å². The van der Waals surface area contributed by atoms with Gasteiger partial charge >= 0.3 is 0 Å². The molecule has 3 N–H and O–H groups in total. The molecule has 6 heteroatoms. The standard InChI is InChI=1S/C21H27N3O3/c1-4-13-27-20-8-6-5-7-17(20)15-24-21(22-2)23-12-11-16-9-10-18(26-3)14-19(16)25/h4-10,14,25H,1,11-13,15H2,2-3H3,(H2,22,23,24). The number of aliphatic imine (C=N–C) groups is 1. The Bertz CT molecular complexity index is 775. The van der Waals surface area contributed by atoms with Gasteiger partial charge in [-0.25, -0.2) is 0 Å². The summed E-state index contributed by atoms with van der Waals surface area (Å²) in [5.74, 6) is 2.37. The van der Waals surface area contributed by atoms with Crippen LogP contribution in [0, 0.1) is 0 Å². The lowest BCUT2D eigenvalue weighted by atomic mass is 10.1. The molecule has 0 aliphatic carbocycles. The molecule has 0 aromatic heterocycles. The van der Waals surface area contributed by atoms with Crippen molar-refractivity contribution in [1.82, 2.24) is 10.6 Å².